The fraction of sp³-hybridized carbons (Fsp3) is 0.529. The van der Waals surface area contributed by atoms with Crippen LogP contribution in [0, 0.1) is 5.41 Å². The molecule has 0 aliphatic carbocycles. The zero-order valence-corrected chi connectivity index (χ0v) is 14.6. The van der Waals surface area contributed by atoms with Crippen LogP contribution in [0.4, 0.5) is 0 Å². The van der Waals surface area contributed by atoms with Crippen LogP contribution in [-0.2, 0) is 9.53 Å². The molecule has 1 aromatic rings. The van der Waals surface area contributed by atoms with Crippen LogP contribution in [0.2, 0.25) is 5.02 Å². The highest BCUT2D eigenvalue weighted by Crippen LogP contribution is 2.24. The number of hydrogen-bond donors (Lipinski definition) is 0. The van der Waals surface area contributed by atoms with E-state index in [2.05, 4.69) is 13.8 Å². The molecule has 5 nitrogen and oxygen atoms in total. The van der Waals surface area contributed by atoms with Crippen LogP contribution in [0.15, 0.2) is 24.3 Å². The summed E-state index contributed by atoms with van der Waals surface area (Å²) in [5, 5.41) is 0.583. The molecule has 1 aliphatic heterocycles. The standard InChI is InChI=1S/C17H23ClN2O3/c1-17(2)11-19(8-9-23-3)15(21)10-20(12-17)16(22)13-4-6-14(18)7-5-13/h4-7H,8-12H2,1-3H3. The van der Waals surface area contributed by atoms with E-state index in [9.17, 15) is 9.59 Å². The second-order valence-electron chi connectivity index (χ2n) is 6.64. The predicted octanol–water partition coefficient (Wildman–Crippen LogP) is 2.30. The van der Waals surface area contributed by atoms with Crippen molar-refractivity contribution in [1.29, 1.82) is 0 Å². The molecule has 1 aliphatic rings. The molecule has 0 aromatic heterocycles. The number of hydrogen-bond acceptors (Lipinski definition) is 3. The predicted molar refractivity (Wildman–Crippen MR) is 89.6 cm³/mol. The van der Waals surface area contributed by atoms with Crippen molar-refractivity contribution in [2.24, 2.45) is 5.41 Å². The maximum atomic E-state index is 12.7. The van der Waals surface area contributed by atoms with Crippen LogP contribution >= 0.6 is 11.6 Å². The molecule has 6 heteroatoms. The summed E-state index contributed by atoms with van der Waals surface area (Å²) in [6, 6.07) is 6.75. The minimum atomic E-state index is -0.179. The number of benzene rings is 1. The van der Waals surface area contributed by atoms with Gasteiger partial charge in [0.25, 0.3) is 5.91 Å². The molecule has 0 radical (unpaired) electrons. The molecule has 0 bridgehead atoms. The lowest BCUT2D eigenvalue weighted by molar-refractivity contribution is -0.131. The molecule has 0 saturated carbocycles. The van der Waals surface area contributed by atoms with Crippen LogP contribution in [-0.4, -0.2) is 61.5 Å². The van der Waals surface area contributed by atoms with Crippen LogP contribution in [0.25, 0.3) is 0 Å². The summed E-state index contributed by atoms with van der Waals surface area (Å²) in [6.45, 7) is 6.40. The van der Waals surface area contributed by atoms with Crippen molar-refractivity contribution < 1.29 is 14.3 Å². The van der Waals surface area contributed by atoms with Crippen LogP contribution in [0.5, 0.6) is 0 Å². The van der Waals surface area contributed by atoms with Crippen molar-refractivity contribution >= 4 is 23.4 Å². The normalized spacial score (nSPS) is 18.0. The Morgan fingerprint density at radius 2 is 1.91 bits per heavy atom. The average molecular weight is 339 g/mol. The van der Waals surface area contributed by atoms with Crippen LogP contribution in [0.1, 0.15) is 24.2 Å². The Balaban J connectivity index is 2.17. The van der Waals surface area contributed by atoms with Gasteiger partial charge in [-0.1, -0.05) is 25.4 Å². The summed E-state index contributed by atoms with van der Waals surface area (Å²) in [5.74, 6) is -0.188. The molecule has 1 saturated heterocycles. The van der Waals surface area contributed by atoms with E-state index >= 15 is 0 Å². The van der Waals surface area contributed by atoms with Crippen molar-refractivity contribution in [3.63, 3.8) is 0 Å². The quantitative estimate of drug-likeness (QED) is 0.846. The van der Waals surface area contributed by atoms with Gasteiger partial charge in [0.05, 0.1) is 6.61 Å². The van der Waals surface area contributed by atoms with E-state index in [0.717, 1.165) is 0 Å². The first-order chi connectivity index (χ1) is 10.8. The summed E-state index contributed by atoms with van der Waals surface area (Å²) >= 11 is 5.87. The van der Waals surface area contributed by atoms with E-state index in [1.54, 1.807) is 41.2 Å². The average Bonchev–Trinajstić information content (AvgIpc) is 2.61. The van der Waals surface area contributed by atoms with Crippen molar-refractivity contribution in [3.05, 3.63) is 34.9 Å². The van der Waals surface area contributed by atoms with Gasteiger partial charge in [-0.2, -0.15) is 0 Å². The first-order valence-corrected chi connectivity index (χ1v) is 8.02. The highest BCUT2D eigenvalue weighted by Gasteiger charge is 2.34. The molecule has 2 amide bonds. The molecule has 2 rings (SSSR count). The van der Waals surface area contributed by atoms with Crippen molar-refractivity contribution in [2.75, 3.05) is 39.9 Å². The van der Waals surface area contributed by atoms with Gasteiger partial charge in [-0.15, -0.1) is 0 Å². The number of ether oxygens (including phenoxy) is 1. The molecule has 0 unspecified atom stereocenters. The molecular weight excluding hydrogens is 316 g/mol. The summed E-state index contributed by atoms with van der Waals surface area (Å²) in [5.41, 5.74) is 0.366. The summed E-state index contributed by atoms with van der Waals surface area (Å²) in [4.78, 5) is 28.6. The summed E-state index contributed by atoms with van der Waals surface area (Å²) in [6.07, 6.45) is 0. The number of carbonyl (C=O) groups is 2. The lowest BCUT2D eigenvalue weighted by atomic mass is 9.92. The minimum Gasteiger partial charge on any atom is -0.383 e. The van der Waals surface area contributed by atoms with Crippen LogP contribution in [0.3, 0.4) is 0 Å². The Morgan fingerprint density at radius 3 is 2.52 bits per heavy atom. The Kier molecular flexibility index (Phi) is 5.65. The van der Waals surface area contributed by atoms with Gasteiger partial charge in [0.2, 0.25) is 5.91 Å². The molecule has 0 atom stereocenters. The number of nitrogens with zero attached hydrogens (tertiary/aromatic N) is 2. The second-order valence-corrected chi connectivity index (χ2v) is 7.08. The van der Waals surface area contributed by atoms with E-state index < -0.39 is 0 Å². The van der Waals surface area contributed by atoms with E-state index in [1.165, 1.54) is 0 Å². The number of methoxy groups -OCH3 is 1. The SMILES string of the molecule is COCCN1CC(C)(C)CN(C(=O)c2ccc(Cl)cc2)CC1=O. The van der Waals surface area contributed by atoms with Gasteiger partial charge >= 0.3 is 0 Å². The Bertz CT molecular complexity index is 572. The minimum absolute atomic E-state index is 0.0464. The molecule has 126 valence electrons. The first kappa shape index (κ1) is 17.8. The van der Waals surface area contributed by atoms with E-state index in [0.29, 0.717) is 36.8 Å². The van der Waals surface area contributed by atoms with Crippen LogP contribution < -0.4 is 0 Å². The molecular formula is C17H23ClN2O3. The Hall–Kier alpha value is -1.59. The van der Waals surface area contributed by atoms with E-state index in [-0.39, 0.29) is 23.8 Å². The molecule has 1 fully saturated rings. The molecule has 23 heavy (non-hydrogen) atoms. The second kappa shape index (κ2) is 7.32. The van der Waals surface area contributed by atoms with Crippen molar-refractivity contribution in [1.82, 2.24) is 9.80 Å². The third-order valence-corrected chi connectivity index (χ3v) is 4.11. The summed E-state index contributed by atoms with van der Waals surface area (Å²) in [7, 11) is 1.61. The van der Waals surface area contributed by atoms with E-state index in [1.807, 2.05) is 0 Å². The van der Waals surface area contributed by atoms with E-state index in [4.69, 9.17) is 16.3 Å². The lowest BCUT2D eigenvalue weighted by Gasteiger charge is -2.30. The monoisotopic (exact) mass is 338 g/mol. The zero-order chi connectivity index (χ0) is 17.0. The van der Waals surface area contributed by atoms with Crippen molar-refractivity contribution in [2.45, 2.75) is 13.8 Å². The fourth-order valence-electron chi connectivity index (χ4n) is 2.81. The number of carbonyl (C=O) groups excluding carboxylic acids is 2. The highest BCUT2D eigenvalue weighted by atomic mass is 35.5. The molecule has 1 heterocycles. The number of rotatable bonds is 4. The molecule has 1 aromatic carbocycles. The largest absolute Gasteiger partial charge is 0.383 e. The Labute approximate surface area is 142 Å². The Morgan fingerprint density at radius 1 is 1.26 bits per heavy atom. The maximum Gasteiger partial charge on any atom is 0.254 e. The number of amides is 2. The first-order valence-electron chi connectivity index (χ1n) is 7.64. The smallest absolute Gasteiger partial charge is 0.254 e. The molecule has 0 N–H and O–H groups in total. The van der Waals surface area contributed by atoms with Gasteiger partial charge in [0, 0.05) is 37.3 Å². The van der Waals surface area contributed by atoms with Gasteiger partial charge in [0.1, 0.15) is 6.54 Å². The topological polar surface area (TPSA) is 49.9 Å². The zero-order valence-electron chi connectivity index (χ0n) is 13.8. The lowest BCUT2D eigenvalue weighted by Crippen LogP contribution is -2.40. The van der Waals surface area contributed by atoms with Gasteiger partial charge in [-0.25, -0.2) is 0 Å². The van der Waals surface area contributed by atoms with Crippen molar-refractivity contribution in [3.8, 4) is 0 Å². The van der Waals surface area contributed by atoms with Gasteiger partial charge < -0.3 is 14.5 Å². The number of halogens is 1. The third-order valence-electron chi connectivity index (χ3n) is 3.86. The van der Waals surface area contributed by atoms with Gasteiger partial charge in [-0.05, 0) is 29.7 Å². The molecule has 0 spiro atoms. The van der Waals surface area contributed by atoms with Gasteiger partial charge in [-0.3, -0.25) is 9.59 Å². The summed E-state index contributed by atoms with van der Waals surface area (Å²) < 4.78 is 5.07. The maximum absolute atomic E-state index is 12.7. The third kappa shape index (κ3) is 4.69. The van der Waals surface area contributed by atoms with Gasteiger partial charge in [0.15, 0.2) is 0 Å². The fourth-order valence-corrected chi connectivity index (χ4v) is 2.94. The highest BCUT2D eigenvalue weighted by molar-refractivity contribution is 6.30.